The summed E-state index contributed by atoms with van der Waals surface area (Å²) in [5, 5.41) is 17.4. The van der Waals surface area contributed by atoms with Crippen LogP contribution in [0.5, 0.6) is 0 Å². The van der Waals surface area contributed by atoms with Crippen molar-refractivity contribution in [1.82, 2.24) is 0 Å². The van der Waals surface area contributed by atoms with Gasteiger partial charge in [0.15, 0.2) is 5.11 Å². The van der Waals surface area contributed by atoms with Gasteiger partial charge in [0.2, 0.25) is 5.82 Å². The van der Waals surface area contributed by atoms with E-state index >= 15 is 0 Å². The number of halogens is 1. The molecule has 0 amide bonds. The summed E-state index contributed by atoms with van der Waals surface area (Å²) in [5.41, 5.74) is 1.10. The van der Waals surface area contributed by atoms with E-state index in [1.165, 1.54) is 24.5 Å². The molecule has 10 heteroatoms. The Morgan fingerprint density at radius 3 is 2.75 bits per heavy atom. The van der Waals surface area contributed by atoms with Crippen LogP contribution in [0, 0.1) is 15.9 Å². The summed E-state index contributed by atoms with van der Waals surface area (Å²) >= 11 is 6.74. The highest BCUT2D eigenvalue weighted by Gasteiger charge is 2.26. The van der Waals surface area contributed by atoms with E-state index in [-0.39, 0.29) is 10.8 Å². The van der Waals surface area contributed by atoms with Crippen LogP contribution >= 0.6 is 23.6 Å². The van der Waals surface area contributed by atoms with Crippen molar-refractivity contribution in [2.45, 2.75) is 32.1 Å². The lowest BCUT2D eigenvalue weighted by atomic mass is 10.1. The summed E-state index contributed by atoms with van der Waals surface area (Å²) in [6.45, 7) is 0. The SMILES string of the molecule is COC(=O)c1c(NC(=S)Nc2ccc(F)c([N+](=O)[O-])c2)sc2c1CCCCC2. The predicted molar refractivity (Wildman–Crippen MR) is 110 cm³/mol. The summed E-state index contributed by atoms with van der Waals surface area (Å²) in [7, 11) is 1.33. The molecule has 0 bridgehead atoms. The van der Waals surface area contributed by atoms with Gasteiger partial charge in [0.05, 0.1) is 17.6 Å². The van der Waals surface area contributed by atoms with Crippen LogP contribution in [0.25, 0.3) is 0 Å². The minimum Gasteiger partial charge on any atom is -0.465 e. The topological polar surface area (TPSA) is 93.5 Å². The number of thiophene rings is 1. The lowest BCUT2D eigenvalue weighted by molar-refractivity contribution is -0.387. The minimum absolute atomic E-state index is 0.141. The van der Waals surface area contributed by atoms with Crippen LogP contribution in [0.15, 0.2) is 18.2 Å². The van der Waals surface area contributed by atoms with E-state index in [4.69, 9.17) is 17.0 Å². The number of anilines is 2. The van der Waals surface area contributed by atoms with Crippen LogP contribution in [0.3, 0.4) is 0 Å². The van der Waals surface area contributed by atoms with Crippen LogP contribution in [0.4, 0.5) is 20.8 Å². The van der Waals surface area contributed by atoms with Gasteiger partial charge in [-0.2, -0.15) is 4.39 Å². The minimum atomic E-state index is -0.926. The van der Waals surface area contributed by atoms with Crippen molar-refractivity contribution in [2.75, 3.05) is 17.7 Å². The first-order valence-corrected chi connectivity index (χ1v) is 9.88. The van der Waals surface area contributed by atoms with Crippen molar-refractivity contribution in [2.24, 2.45) is 0 Å². The summed E-state index contributed by atoms with van der Waals surface area (Å²) < 4.78 is 18.4. The van der Waals surface area contributed by atoms with E-state index < -0.39 is 22.4 Å². The molecular formula is C18H18FN3O4S2. The predicted octanol–water partition coefficient (Wildman–Crippen LogP) is 4.66. The largest absolute Gasteiger partial charge is 0.465 e. The number of esters is 1. The Balaban J connectivity index is 1.83. The molecular weight excluding hydrogens is 405 g/mol. The van der Waals surface area contributed by atoms with E-state index in [0.717, 1.165) is 54.7 Å². The van der Waals surface area contributed by atoms with Gasteiger partial charge in [0, 0.05) is 16.6 Å². The Kier molecular flexibility index (Phi) is 6.20. The summed E-state index contributed by atoms with van der Waals surface area (Å²) in [6, 6.07) is 3.41. The maximum absolute atomic E-state index is 13.5. The summed E-state index contributed by atoms with van der Waals surface area (Å²) in [4.78, 5) is 23.6. The number of nitro groups is 1. The van der Waals surface area contributed by atoms with Crippen LogP contribution in [-0.4, -0.2) is 23.1 Å². The number of ether oxygens (including phenoxy) is 1. The highest BCUT2D eigenvalue weighted by molar-refractivity contribution is 7.80. The third kappa shape index (κ3) is 4.28. The molecule has 0 radical (unpaired) electrons. The molecule has 1 aliphatic carbocycles. The number of hydrogen-bond acceptors (Lipinski definition) is 6. The van der Waals surface area contributed by atoms with Crippen LogP contribution in [-0.2, 0) is 17.6 Å². The fourth-order valence-corrected chi connectivity index (χ4v) is 4.71. The first-order valence-electron chi connectivity index (χ1n) is 8.65. The average molecular weight is 423 g/mol. The number of rotatable bonds is 4. The molecule has 1 aliphatic rings. The molecule has 0 fully saturated rings. The number of carbonyl (C=O) groups excluding carboxylic acids is 1. The molecule has 2 aromatic rings. The molecule has 0 spiro atoms. The van der Waals surface area contributed by atoms with Crippen molar-refractivity contribution < 1.29 is 18.8 Å². The van der Waals surface area contributed by atoms with Crippen molar-refractivity contribution in [3.63, 3.8) is 0 Å². The average Bonchev–Trinajstić information content (AvgIpc) is 2.83. The Hall–Kier alpha value is -2.59. The van der Waals surface area contributed by atoms with E-state index in [9.17, 15) is 19.3 Å². The first kappa shape index (κ1) is 20.2. The molecule has 1 aromatic carbocycles. The second-order valence-electron chi connectivity index (χ2n) is 6.26. The second-order valence-corrected chi connectivity index (χ2v) is 7.78. The second kappa shape index (κ2) is 8.61. The number of nitrogens with zero attached hydrogens (tertiary/aromatic N) is 1. The van der Waals surface area contributed by atoms with Gasteiger partial charge in [-0.1, -0.05) is 6.42 Å². The van der Waals surface area contributed by atoms with Gasteiger partial charge >= 0.3 is 11.7 Å². The number of nitro benzene ring substituents is 1. The van der Waals surface area contributed by atoms with E-state index in [2.05, 4.69) is 10.6 Å². The van der Waals surface area contributed by atoms with E-state index in [1.54, 1.807) is 0 Å². The van der Waals surface area contributed by atoms with Gasteiger partial charge in [-0.25, -0.2) is 4.79 Å². The fraction of sp³-hybridized carbons (Fsp3) is 0.333. The lowest BCUT2D eigenvalue weighted by Gasteiger charge is -2.11. The molecule has 0 atom stereocenters. The third-order valence-electron chi connectivity index (χ3n) is 4.44. The number of fused-ring (bicyclic) bond motifs is 1. The maximum Gasteiger partial charge on any atom is 0.341 e. The van der Waals surface area contributed by atoms with E-state index in [0.29, 0.717) is 10.6 Å². The number of thiocarbonyl (C=S) groups is 1. The van der Waals surface area contributed by atoms with Gasteiger partial charge in [0.25, 0.3) is 0 Å². The Morgan fingerprint density at radius 2 is 2.04 bits per heavy atom. The van der Waals surface area contributed by atoms with Gasteiger partial charge in [-0.05, 0) is 55.6 Å². The fourth-order valence-electron chi connectivity index (χ4n) is 3.14. The smallest absolute Gasteiger partial charge is 0.341 e. The number of benzene rings is 1. The quantitative estimate of drug-likeness (QED) is 0.243. The Morgan fingerprint density at radius 1 is 1.29 bits per heavy atom. The normalized spacial score (nSPS) is 13.2. The number of carbonyl (C=O) groups is 1. The molecule has 3 rings (SSSR count). The molecule has 148 valence electrons. The van der Waals surface area contributed by atoms with Crippen molar-refractivity contribution in [3.05, 3.63) is 50.1 Å². The molecule has 1 heterocycles. The summed E-state index contributed by atoms with van der Waals surface area (Å²) in [6.07, 6.45) is 4.90. The highest BCUT2D eigenvalue weighted by Crippen LogP contribution is 2.38. The van der Waals surface area contributed by atoms with Crippen LogP contribution in [0.1, 0.15) is 40.1 Å². The number of hydrogen-bond donors (Lipinski definition) is 2. The molecule has 2 N–H and O–H groups in total. The Bertz CT molecular complexity index is 945. The zero-order valence-electron chi connectivity index (χ0n) is 15.0. The molecule has 0 saturated carbocycles. The Labute approximate surface area is 170 Å². The van der Waals surface area contributed by atoms with Crippen molar-refractivity contribution in [3.8, 4) is 0 Å². The van der Waals surface area contributed by atoms with Gasteiger partial charge in [-0.15, -0.1) is 11.3 Å². The molecule has 1 aromatic heterocycles. The standard InChI is InChI=1S/C18H18FN3O4S2/c1-26-17(23)15-11-5-3-2-4-6-14(11)28-16(15)21-18(27)20-10-7-8-12(19)13(9-10)22(24)25/h7-9H,2-6H2,1H3,(H2,20,21,27). The zero-order valence-corrected chi connectivity index (χ0v) is 16.7. The molecule has 0 unspecified atom stereocenters. The number of nitrogens with one attached hydrogen (secondary N) is 2. The van der Waals surface area contributed by atoms with Crippen molar-refractivity contribution in [1.29, 1.82) is 0 Å². The molecule has 0 aliphatic heterocycles. The number of aryl methyl sites for hydroxylation is 1. The summed E-state index contributed by atoms with van der Waals surface area (Å²) in [5.74, 6) is -1.36. The van der Waals surface area contributed by atoms with E-state index in [1.807, 2.05) is 0 Å². The molecule has 28 heavy (non-hydrogen) atoms. The van der Waals surface area contributed by atoms with Crippen LogP contribution < -0.4 is 10.6 Å². The monoisotopic (exact) mass is 423 g/mol. The van der Waals surface area contributed by atoms with Crippen LogP contribution in [0.2, 0.25) is 0 Å². The molecule has 0 saturated heterocycles. The maximum atomic E-state index is 13.5. The highest BCUT2D eigenvalue weighted by atomic mass is 32.1. The van der Waals surface area contributed by atoms with Gasteiger partial charge in [0.1, 0.15) is 5.00 Å². The first-order chi connectivity index (χ1) is 13.4. The van der Waals surface area contributed by atoms with Gasteiger partial charge < -0.3 is 15.4 Å². The van der Waals surface area contributed by atoms with Crippen molar-refractivity contribution >= 4 is 51.0 Å². The zero-order chi connectivity index (χ0) is 20.3. The third-order valence-corrected chi connectivity index (χ3v) is 5.85. The lowest BCUT2D eigenvalue weighted by Crippen LogP contribution is -2.20. The number of methoxy groups -OCH3 is 1. The van der Waals surface area contributed by atoms with Gasteiger partial charge in [-0.3, -0.25) is 10.1 Å². The molecule has 7 nitrogen and oxygen atoms in total.